The van der Waals surface area contributed by atoms with E-state index in [4.69, 9.17) is 0 Å². The van der Waals surface area contributed by atoms with Gasteiger partial charge in [-0.3, -0.25) is 0 Å². The molecule has 3 rings (SSSR count). The van der Waals surface area contributed by atoms with Crippen LogP contribution >= 0.6 is 0 Å². The van der Waals surface area contributed by atoms with Crippen LogP contribution in [-0.2, 0) is 0 Å². The van der Waals surface area contributed by atoms with Gasteiger partial charge in [-0.25, -0.2) is 9.97 Å². The molecule has 0 fully saturated rings. The summed E-state index contributed by atoms with van der Waals surface area (Å²) in [6.07, 6.45) is 0. The first-order valence-electron chi connectivity index (χ1n) is 4.75. The molecule has 0 N–H and O–H groups in total. The third-order valence-corrected chi connectivity index (χ3v) is 2.45. The number of nitrogens with zero attached hydrogens (tertiary/aromatic N) is 2. The average Bonchev–Trinajstić information content (AvgIpc) is 2.29. The van der Waals surface area contributed by atoms with Gasteiger partial charge in [0.2, 0.25) is 11.9 Å². The zero-order chi connectivity index (χ0) is 11.1. The zero-order valence-corrected chi connectivity index (χ0v) is 8.11. The molecule has 2 heterocycles. The maximum absolute atomic E-state index is 13.0. The van der Waals surface area contributed by atoms with Gasteiger partial charge in [0, 0.05) is 10.8 Å². The summed E-state index contributed by atoms with van der Waals surface area (Å²) >= 11 is 0. The Morgan fingerprint density at radius 3 is 1.44 bits per heavy atom. The second kappa shape index (κ2) is 3.20. The molecular formula is C12H6F2N2. The Labute approximate surface area is 89.6 Å². The van der Waals surface area contributed by atoms with Gasteiger partial charge in [0.05, 0.1) is 11.0 Å². The Kier molecular flexibility index (Phi) is 1.83. The Morgan fingerprint density at radius 2 is 1.00 bits per heavy atom. The summed E-state index contributed by atoms with van der Waals surface area (Å²) in [6.45, 7) is 0. The normalized spacial score (nSPS) is 11.1. The van der Waals surface area contributed by atoms with E-state index in [9.17, 15) is 8.78 Å². The first-order chi connectivity index (χ1) is 7.74. The highest BCUT2D eigenvalue weighted by Gasteiger charge is 2.05. The van der Waals surface area contributed by atoms with E-state index in [1.165, 1.54) is 12.1 Å². The molecule has 0 spiro atoms. The molecule has 4 heteroatoms. The highest BCUT2D eigenvalue weighted by atomic mass is 19.1. The fourth-order valence-corrected chi connectivity index (χ4v) is 1.72. The number of fused-ring (bicyclic) bond motifs is 3. The lowest BCUT2D eigenvalue weighted by atomic mass is 10.1. The van der Waals surface area contributed by atoms with Crippen LogP contribution in [0.25, 0.3) is 21.8 Å². The third kappa shape index (κ3) is 1.31. The SMILES string of the molecule is Fc1ccc2ccc3ccc(F)nc3c2n1. The van der Waals surface area contributed by atoms with Crippen molar-refractivity contribution in [2.45, 2.75) is 0 Å². The van der Waals surface area contributed by atoms with Crippen molar-refractivity contribution in [1.29, 1.82) is 0 Å². The second-order valence-corrected chi connectivity index (χ2v) is 3.48. The van der Waals surface area contributed by atoms with Gasteiger partial charge in [-0.2, -0.15) is 8.78 Å². The van der Waals surface area contributed by atoms with Crippen LogP contribution in [0, 0.1) is 11.9 Å². The van der Waals surface area contributed by atoms with Crippen LogP contribution in [0.4, 0.5) is 8.78 Å². The summed E-state index contributed by atoms with van der Waals surface area (Å²) in [5.41, 5.74) is 0.772. The minimum atomic E-state index is -0.592. The van der Waals surface area contributed by atoms with E-state index in [2.05, 4.69) is 9.97 Å². The Morgan fingerprint density at radius 1 is 0.625 bits per heavy atom. The van der Waals surface area contributed by atoms with Crippen LogP contribution in [0.3, 0.4) is 0 Å². The Hall–Kier alpha value is -2.10. The molecule has 0 bridgehead atoms. The van der Waals surface area contributed by atoms with E-state index >= 15 is 0 Å². The maximum Gasteiger partial charge on any atom is 0.213 e. The summed E-state index contributed by atoms with van der Waals surface area (Å²) in [7, 11) is 0. The lowest BCUT2D eigenvalue weighted by Gasteiger charge is -2.02. The van der Waals surface area contributed by atoms with Gasteiger partial charge in [0.15, 0.2) is 0 Å². The van der Waals surface area contributed by atoms with E-state index in [0.29, 0.717) is 11.0 Å². The maximum atomic E-state index is 13.0. The predicted octanol–water partition coefficient (Wildman–Crippen LogP) is 3.06. The average molecular weight is 216 g/mol. The van der Waals surface area contributed by atoms with Crippen molar-refractivity contribution in [3.63, 3.8) is 0 Å². The van der Waals surface area contributed by atoms with Crippen molar-refractivity contribution < 1.29 is 8.78 Å². The predicted molar refractivity (Wildman–Crippen MR) is 57.0 cm³/mol. The molecule has 0 unspecified atom stereocenters. The van der Waals surface area contributed by atoms with Gasteiger partial charge in [-0.05, 0) is 24.3 Å². The first kappa shape index (κ1) is 9.15. The van der Waals surface area contributed by atoms with Crippen LogP contribution in [0.5, 0.6) is 0 Å². The Bertz CT molecular complexity index is 634. The fraction of sp³-hybridized carbons (Fsp3) is 0. The van der Waals surface area contributed by atoms with E-state index in [1.807, 2.05) is 12.1 Å². The molecule has 0 aliphatic carbocycles. The molecule has 1 aromatic carbocycles. The van der Waals surface area contributed by atoms with Gasteiger partial charge in [0.25, 0.3) is 0 Å². The van der Waals surface area contributed by atoms with Crippen molar-refractivity contribution in [2.24, 2.45) is 0 Å². The number of rotatable bonds is 0. The number of benzene rings is 1. The number of hydrogen-bond donors (Lipinski definition) is 0. The summed E-state index contributed by atoms with van der Waals surface area (Å²) in [4.78, 5) is 7.50. The third-order valence-electron chi connectivity index (χ3n) is 2.45. The molecule has 0 aliphatic heterocycles. The topological polar surface area (TPSA) is 25.8 Å². The van der Waals surface area contributed by atoms with Crippen LogP contribution in [0.15, 0.2) is 36.4 Å². The van der Waals surface area contributed by atoms with Crippen molar-refractivity contribution in [3.8, 4) is 0 Å². The highest BCUT2D eigenvalue weighted by molar-refractivity contribution is 6.02. The van der Waals surface area contributed by atoms with Gasteiger partial charge >= 0.3 is 0 Å². The monoisotopic (exact) mass is 216 g/mol. The molecule has 0 aliphatic rings. The van der Waals surface area contributed by atoms with E-state index < -0.39 is 11.9 Å². The van der Waals surface area contributed by atoms with Gasteiger partial charge in [-0.1, -0.05) is 12.1 Å². The van der Waals surface area contributed by atoms with Crippen LogP contribution < -0.4 is 0 Å². The lowest BCUT2D eigenvalue weighted by molar-refractivity contribution is 0.585. The molecular weight excluding hydrogens is 210 g/mol. The smallest absolute Gasteiger partial charge is 0.213 e. The molecule has 16 heavy (non-hydrogen) atoms. The van der Waals surface area contributed by atoms with E-state index in [1.54, 1.807) is 12.1 Å². The molecule has 0 saturated carbocycles. The van der Waals surface area contributed by atoms with Gasteiger partial charge < -0.3 is 0 Å². The molecule has 0 amide bonds. The summed E-state index contributed by atoms with van der Waals surface area (Å²) in [5, 5.41) is 1.49. The van der Waals surface area contributed by atoms with E-state index in [-0.39, 0.29) is 0 Å². The molecule has 0 atom stereocenters. The summed E-state index contributed by atoms with van der Waals surface area (Å²) in [5.74, 6) is -1.18. The number of pyridine rings is 2. The second-order valence-electron chi connectivity index (χ2n) is 3.48. The van der Waals surface area contributed by atoms with Crippen molar-refractivity contribution >= 4 is 21.8 Å². The van der Waals surface area contributed by atoms with Crippen molar-refractivity contribution in [2.75, 3.05) is 0 Å². The molecule has 78 valence electrons. The first-order valence-corrected chi connectivity index (χ1v) is 4.75. The largest absolute Gasteiger partial charge is 0.217 e. The van der Waals surface area contributed by atoms with Crippen LogP contribution in [0.2, 0.25) is 0 Å². The Balaban J connectivity index is 2.55. The lowest BCUT2D eigenvalue weighted by Crippen LogP contribution is -1.90. The van der Waals surface area contributed by atoms with Gasteiger partial charge in [0.1, 0.15) is 0 Å². The number of halogens is 2. The minimum absolute atomic E-state index is 0.386. The summed E-state index contributed by atoms with van der Waals surface area (Å²) < 4.78 is 26.1. The summed E-state index contributed by atoms with van der Waals surface area (Å²) in [6, 6.07) is 9.36. The number of aromatic nitrogens is 2. The number of hydrogen-bond acceptors (Lipinski definition) is 2. The van der Waals surface area contributed by atoms with Crippen LogP contribution in [-0.4, -0.2) is 9.97 Å². The standard InChI is InChI=1S/C12H6F2N2/c13-9-5-3-7-1-2-8-4-6-10(14)16-12(8)11(7)15-9/h1-6H. The van der Waals surface area contributed by atoms with Crippen molar-refractivity contribution in [1.82, 2.24) is 9.97 Å². The molecule has 2 nitrogen and oxygen atoms in total. The molecule has 0 radical (unpaired) electrons. The van der Waals surface area contributed by atoms with Gasteiger partial charge in [-0.15, -0.1) is 0 Å². The van der Waals surface area contributed by atoms with Crippen molar-refractivity contribution in [3.05, 3.63) is 48.3 Å². The minimum Gasteiger partial charge on any atom is -0.217 e. The zero-order valence-electron chi connectivity index (χ0n) is 8.11. The molecule has 3 aromatic rings. The van der Waals surface area contributed by atoms with E-state index in [0.717, 1.165) is 10.8 Å². The fourth-order valence-electron chi connectivity index (χ4n) is 1.72. The molecule has 0 saturated heterocycles. The molecule has 2 aromatic heterocycles. The highest BCUT2D eigenvalue weighted by Crippen LogP contribution is 2.22. The van der Waals surface area contributed by atoms with Crippen LogP contribution in [0.1, 0.15) is 0 Å². The quantitative estimate of drug-likeness (QED) is 0.426.